The summed E-state index contributed by atoms with van der Waals surface area (Å²) in [5.41, 5.74) is 25.3. The molecule has 0 aliphatic heterocycles. The Balaban J connectivity index is -0.000000147. The summed E-state index contributed by atoms with van der Waals surface area (Å²) < 4.78 is 0. The molecule has 41 heavy (non-hydrogen) atoms. The number of carboxylic acids is 1. The average molecular weight is 595 g/mol. The van der Waals surface area contributed by atoms with Gasteiger partial charge in [-0.2, -0.15) is 0 Å². The zero-order valence-electron chi connectivity index (χ0n) is 25.0. The molecule has 17 nitrogen and oxygen atoms in total. The van der Waals surface area contributed by atoms with Crippen molar-refractivity contribution in [1.82, 2.24) is 16.0 Å². The number of amides is 3. The fourth-order valence-electron chi connectivity index (χ4n) is 1.20. The van der Waals surface area contributed by atoms with Crippen LogP contribution in [-0.4, -0.2) is 102 Å². The van der Waals surface area contributed by atoms with Gasteiger partial charge in [0.25, 0.3) is 0 Å². The summed E-state index contributed by atoms with van der Waals surface area (Å²) in [4.78, 5) is 81.9. The molecule has 0 saturated carbocycles. The van der Waals surface area contributed by atoms with Gasteiger partial charge in [-0.25, -0.2) is 0 Å². The SMILES string of the molecule is C[C@H](N)C(=O)N[C@@H](C)C(=O)N[C@@H](C)C(=O)O.C[C@H](N)C(=O)N[C@@H](C)C=O.C[C@H](N)C=O.C[C@H](N)C=O.C[C@H](N)C=O. The molecule has 0 aromatic rings. The van der Waals surface area contributed by atoms with Crippen molar-refractivity contribution in [3.05, 3.63) is 0 Å². The number of aldehydes is 4. The van der Waals surface area contributed by atoms with E-state index in [1.165, 1.54) is 20.8 Å². The van der Waals surface area contributed by atoms with Gasteiger partial charge in [0, 0.05) is 0 Å². The van der Waals surface area contributed by atoms with E-state index in [2.05, 4.69) is 16.0 Å². The first-order chi connectivity index (χ1) is 18.6. The number of aliphatic carboxylic acids is 1. The first-order valence-electron chi connectivity index (χ1n) is 12.4. The zero-order chi connectivity index (χ0) is 33.9. The number of hydrogen-bond donors (Lipinski definition) is 9. The molecule has 0 fully saturated rings. The van der Waals surface area contributed by atoms with Crippen LogP contribution in [0.4, 0.5) is 0 Å². The van der Waals surface area contributed by atoms with Crippen LogP contribution < -0.4 is 44.6 Å². The largest absolute Gasteiger partial charge is 0.480 e. The smallest absolute Gasteiger partial charge is 0.325 e. The van der Waals surface area contributed by atoms with Gasteiger partial charge in [0.05, 0.1) is 36.3 Å². The number of carbonyl (C=O) groups excluding carboxylic acids is 7. The summed E-state index contributed by atoms with van der Waals surface area (Å²) >= 11 is 0. The van der Waals surface area contributed by atoms with E-state index < -0.39 is 48.0 Å². The molecule has 3 amide bonds. The molecule has 0 saturated heterocycles. The molecule has 0 aromatic carbocycles. The minimum absolute atomic E-state index is 0.296. The highest BCUT2D eigenvalue weighted by atomic mass is 16.4. The van der Waals surface area contributed by atoms with Gasteiger partial charge in [-0.1, -0.05) is 0 Å². The van der Waals surface area contributed by atoms with Gasteiger partial charge in [-0.15, -0.1) is 0 Å². The van der Waals surface area contributed by atoms with Gasteiger partial charge in [-0.05, 0) is 55.4 Å². The van der Waals surface area contributed by atoms with Gasteiger partial charge < -0.3 is 68.9 Å². The highest BCUT2D eigenvalue weighted by Gasteiger charge is 2.21. The lowest BCUT2D eigenvalue weighted by Crippen LogP contribution is -2.52. The van der Waals surface area contributed by atoms with Crippen molar-refractivity contribution >= 4 is 48.8 Å². The monoisotopic (exact) mass is 594 g/mol. The van der Waals surface area contributed by atoms with Crippen LogP contribution in [-0.2, 0) is 38.4 Å². The van der Waals surface area contributed by atoms with E-state index in [-0.39, 0.29) is 24.0 Å². The minimum Gasteiger partial charge on any atom is -0.480 e. The van der Waals surface area contributed by atoms with Crippen molar-refractivity contribution in [2.24, 2.45) is 28.7 Å². The van der Waals surface area contributed by atoms with Gasteiger partial charge in [0.1, 0.15) is 37.2 Å². The topological polar surface area (TPSA) is 323 Å². The molecule has 0 aliphatic carbocycles. The maximum Gasteiger partial charge on any atom is 0.325 e. The van der Waals surface area contributed by atoms with Crippen LogP contribution in [0.1, 0.15) is 55.4 Å². The van der Waals surface area contributed by atoms with Crippen LogP contribution >= 0.6 is 0 Å². The van der Waals surface area contributed by atoms with E-state index in [0.29, 0.717) is 25.1 Å². The molecule has 0 aromatic heterocycles. The third-order valence-electron chi connectivity index (χ3n) is 3.53. The Morgan fingerprint density at radius 3 is 1.00 bits per heavy atom. The highest BCUT2D eigenvalue weighted by molar-refractivity contribution is 5.91. The van der Waals surface area contributed by atoms with E-state index in [1.807, 2.05) is 0 Å². The maximum atomic E-state index is 11.4. The summed E-state index contributed by atoms with van der Waals surface area (Å²) in [5.74, 6) is -2.48. The second kappa shape index (κ2) is 29.3. The van der Waals surface area contributed by atoms with Crippen LogP contribution in [0, 0.1) is 0 Å². The third-order valence-corrected chi connectivity index (χ3v) is 3.53. The quantitative estimate of drug-likeness (QED) is 0.103. The Bertz CT molecular complexity index is 748. The Morgan fingerprint density at radius 2 is 0.780 bits per heavy atom. The average Bonchev–Trinajstić information content (AvgIpc) is 2.89. The lowest BCUT2D eigenvalue weighted by molar-refractivity contribution is -0.141. The van der Waals surface area contributed by atoms with E-state index >= 15 is 0 Å². The first-order valence-corrected chi connectivity index (χ1v) is 12.4. The molecular weight excluding hydrogens is 544 g/mol. The molecule has 0 aliphatic rings. The van der Waals surface area contributed by atoms with Crippen molar-refractivity contribution in [1.29, 1.82) is 0 Å². The van der Waals surface area contributed by atoms with E-state index in [4.69, 9.17) is 33.8 Å². The Labute approximate surface area is 241 Å². The highest BCUT2D eigenvalue weighted by Crippen LogP contribution is 1.88. The minimum atomic E-state index is -1.14. The lowest BCUT2D eigenvalue weighted by atomic mass is 10.2. The third kappa shape index (κ3) is 41.0. The van der Waals surface area contributed by atoms with Crippen LogP contribution in [0.15, 0.2) is 0 Å². The van der Waals surface area contributed by atoms with E-state index in [9.17, 15) is 38.4 Å². The number of nitrogens with one attached hydrogen (secondary N) is 3. The van der Waals surface area contributed by atoms with Crippen LogP contribution in [0.3, 0.4) is 0 Å². The number of rotatable bonds is 11. The molecular formula is C24H50N8O9. The molecule has 0 rings (SSSR count). The normalized spacial score (nSPS) is 15.0. The predicted octanol–water partition coefficient (Wildman–Crippen LogP) is -3.94. The summed E-state index contributed by atoms with van der Waals surface area (Å²) in [6, 6.07) is -4.42. The lowest BCUT2D eigenvalue weighted by Gasteiger charge is -2.17. The Hall–Kier alpha value is -3.64. The zero-order valence-corrected chi connectivity index (χ0v) is 25.0. The molecule has 0 heterocycles. The molecule has 14 N–H and O–H groups in total. The fourth-order valence-corrected chi connectivity index (χ4v) is 1.20. The van der Waals surface area contributed by atoms with Gasteiger partial charge in [-0.3, -0.25) is 19.2 Å². The molecule has 0 radical (unpaired) electrons. The first kappa shape index (κ1) is 47.2. The van der Waals surface area contributed by atoms with Gasteiger partial charge in [0.2, 0.25) is 17.7 Å². The summed E-state index contributed by atoms with van der Waals surface area (Å²) in [6.45, 7) is 12.3. The van der Waals surface area contributed by atoms with Crippen molar-refractivity contribution in [2.75, 3.05) is 0 Å². The standard InChI is InChI=1S/C9H17N3O4.C6H12N2O2.3C3H7NO/c1-4(10)7(13)11-5(2)8(14)12-6(3)9(15)16;1-4(3-9)8-6(10)5(2)7;3*1-3(4)2-5/h4-6H,10H2,1-3H3,(H,11,13)(H,12,14)(H,15,16);3-5H,7H2,1-2H3,(H,8,10);3*2-3H,4H2,1H3/t4-,5-,6-;4-,5-;3*3-/m00000/s1. The number of carboxylic acid groups (broad SMARTS) is 1. The Morgan fingerprint density at radius 1 is 0.512 bits per heavy atom. The van der Waals surface area contributed by atoms with Crippen molar-refractivity contribution in [3.63, 3.8) is 0 Å². The Kier molecular flexibility index (Phi) is 33.8. The molecule has 0 bridgehead atoms. The van der Waals surface area contributed by atoms with Crippen LogP contribution in [0.25, 0.3) is 0 Å². The van der Waals surface area contributed by atoms with Crippen molar-refractivity contribution in [3.8, 4) is 0 Å². The molecule has 0 unspecified atom stereocenters. The molecule has 240 valence electrons. The fraction of sp³-hybridized carbons (Fsp3) is 0.667. The molecule has 8 atom stereocenters. The number of carbonyl (C=O) groups is 8. The second-order valence-electron chi connectivity index (χ2n) is 8.80. The van der Waals surface area contributed by atoms with Crippen LogP contribution in [0.5, 0.6) is 0 Å². The maximum absolute atomic E-state index is 11.4. The van der Waals surface area contributed by atoms with Gasteiger partial charge >= 0.3 is 5.97 Å². The van der Waals surface area contributed by atoms with Crippen molar-refractivity contribution in [2.45, 2.75) is 104 Å². The van der Waals surface area contributed by atoms with Crippen molar-refractivity contribution < 1.29 is 43.5 Å². The molecule has 0 spiro atoms. The summed E-state index contributed by atoms with van der Waals surface area (Å²) in [7, 11) is 0. The van der Waals surface area contributed by atoms with E-state index in [1.54, 1.807) is 34.6 Å². The van der Waals surface area contributed by atoms with E-state index in [0.717, 1.165) is 0 Å². The number of hydrogen-bond acceptors (Lipinski definition) is 13. The van der Waals surface area contributed by atoms with Crippen LogP contribution in [0.2, 0.25) is 0 Å². The predicted molar refractivity (Wildman–Crippen MR) is 153 cm³/mol. The molecule has 17 heteroatoms. The summed E-state index contributed by atoms with van der Waals surface area (Å²) in [6.07, 6.45) is 2.74. The second-order valence-corrected chi connectivity index (χ2v) is 8.80. The van der Waals surface area contributed by atoms with Gasteiger partial charge in [0.15, 0.2) is 0 Å². The summed E-state index contributed by atoms with van der Waals surface area (Å²) in [5, 5.41) is 15.5. The number of nitrogens with two attached hydrogens (primary N) is 5.